The van der Waals surface area contributed by atoms with Crippen LogP contribution in [0.1, 0.15) is 12.2 Å². The summed E-state index contributed by atoms with van der Waals surface area (Å²) in [5.41, 5.74) is 4.80. The lowest BCUT2D eigenvalue weighted by Crippen LogP contribution is -1.87. The number of nitrogens with zero attached hydrogens (tertiary/aromatic N) is 2. The van der Waals surface area contributed by atoms with E-state index in [0.29, 0.717) is 0 Å². The molecule has 0 atom stereocenters. The molecule has 4 rings (SSSR count). The summed E-state index contributed by atoms with van der Waals surface area (Å²) < 4.78 is 2.28. The Bertz CT molecular complexity index is 708. The van der Waals surface area contributed by atoms with Gasteiger partial charge in [0.1, 0.15) is 5.82 Å². The Hall–Kier alpha value is -1.87. The summed E-state index contributed by atoms with van der Waals surface area (Å²) in [6, 6.07) is 19.2. The number of aryl methyl sites for hydroxylation is 2. The highest BCUT2D eigenvalue weighted by molar-refractivity contribution is 8.93. The second-order valence-electron chi connectivity index (χ2n) is 5.28. The van der Waals surface area contributed by atoms with Crippen LogP contribution in [0, 0.1) is 0 Å². The van der Waals surface area contributed by atoms with E-state index < -0.39 is 0 Å². The van der Waals surface area contributed by atoms with Gasteiger partial charge in [-0.25, -0.2) is 4.98 Å². The van der Waals surface area contributed by atoms with Crippen molar-refractivity contribution in [1.29, 1.82) is 0 Å². The Morgan fingerprint density at radius 2 is 1.48 bits per heavy atom. The molecular weight excluding hydrogens is 324 g/mol. The number of halogens is 1. The van der Waals surface area contributed by atoms with Crippen LogP contribution in [0.3, 0.4) is 0 Å². The third-order valence-corrected chi connectivity index (χ3v) is 3.95. The molecule has 2 heterocycles. The van der Waals surface area contributed by atoms with Crippen LogP contribution in [0.25, 0.3) is 22.4 Å². The highest BCUT2D eigenvalue weighted by Gasteiger charge is 2.14. The highest BCUT2D eigenvalue weighted by atomic mass is 79.9. The normalized spacial score (nSPS) is 12.8. The van der Waals surface area contributed by atoms with Crippen LogP contribution >= 0.6 is 17.0 Å². The van der Waals surface area contributed by atoms with Crippen molar-refractivity contribution in [3.8, 4) is 22.4 Å². The Labute approximate surface area is 135 Å². The van der Waals surface area contributed by atoms with Gasteiger partial charge in [0.25, 0.3) is 0 Å². The van der Waals surface area contributed by atoms with Crippen molar-refractivity contribution in [1.82, 2.24) is 9.55 Å². The number of benzene rings is 2. The van der Waals surface area contributed by atoms with Gasteiger partial charge < -0.3 is 4.57 Å². The molecule has 0 bridgehead atoms. The number of aromatic nitrogens is 2. The standard InChI is InChI=1S/C18H16N2.BrH/c1-2-5-14(6-3-1)15-8-10-16(11-9-15)17-13-20-12-4-7-18(20)19-17;/h1-3,5-6,8-11,13H,4,7,12H2;1H. The second-order valence-corrected chi connectivity index (χ2v) is 5.28. The number of rotatable bonds is 2. The molecule has 1 aliphatic rings. The SMILES string of the molecule is Br.c1ccc(-c2ccc(-c3cn4c(n3)CCC4)cc2)cc1. The van der Waals surface area contributed by atoms with E-state index >= 15 is 0 Å². The molecule has 0 saturated heterocycles. The van der Waals surface area contributed by atoms with E-state index in [9.17, 15) is 0 Å². The van der Waals surface area contributed by atoms with Crippen LogP contribution in [-0.4, -0.2) is 9.55 Å². The lowest BCUT2D eigenvalue weighted by atomic mass is 10.0. The number of fused-ring (bicyclic) bond motifs is 1. The van der Waals surface area contributed by atoms with Crippen molar-refractivity contribution in [2.75, 3.05) is 0 Å². The van der Waals surface area contributed by atoms with Gasteiger partial charge in [0.05, 0.1) is 5.69 Å². The fourth-order valence-electron chi connectivity index (χ4n) is 2.86. The highest BCUT2D eigenvalue weighted by Crippen LogP contribution is 2.26. The Kier molecular flexibility index (Phi) is 3.93. The van der Waals surface area contributed by atoms with Gasteiger partial charge >= 0.3 is 0 Å². The summed E-state index contributed by atoms with van der Waals surface area (Å²) in [5, 5.41) is 0. The lowest BCUT2D eigenvalue weighted by Gasteiger charge is -2.03. The molecule has 1 aliphatic heterocycles. The van der Waals surface area contributed by atoms with Gasteiger partial charge in [0.2, 0.25) is 0 Å². The number of imidazole rings is 1. The van der Waals surface area contributed by atoms with Crippen LogP contribution in [0.15, 0.2) is 60.8 Å². The maximum atomic E-state index is 4.73. The maximum absolute atomic E-state index is 4.73. The summed E-state index contributed by atoms with van der Waals surface area (Å²) >= 11 is 0. The Balaban J connectivity index is 0.00000132. The lowest BCUT2D eigenvalue weighted by molar-refractivity contribution is 0.750. The van der Waals surface area contributed by atoms with E-state index in [2.05, 4.69) is 59.3 Å². The summed E-state index contributed by atoms with van der Waals surface area (Å²) in [6.07, 6.45) is 4.53. The second kappa shape index (κ2) is 5.86. The summed E-state index contributed by atoms with van der Waals surface area (Å²) in [7, 11) is 0. The number of hydrogen-bond acceptors (Lipinski definition) is 1. The average molecular weight is 341 g/mol. The van der Waals surface area contributed by atoms with Gasteiger partial charge in [0, 0.05) is 24.7 Å². The topological polar surface area (TPSA) is 17.8 Å². The van der Waals surface area contributed by atoms with Crippen LogP contribution in [0.5, 0.6) is 0 Å². The predicted octanol–water partition coefficient (Wildman–Crippen LogP) is 4.74. The molecule has 0 spiro atoms. The molecule has 21 heavy (non-hydrogen) atoms. The van der Waals surface area contributed by atoms with Crippen LogP contribution in [-0.2, 0) is 13.0 Å². The van der Waals surface area contributed by atoms with E-state index in [4.69, 9.17) is 4.98 Å². The molecule has 1 aromatic heterocycles. The van der Waals surface area contributed by atoms with Gasteiger partial charge in [-0.05, 0) is 17.5 Å². The fraction of sp³-hybridized carbons (Fsp3) is 0.167. The minimum absolute atomic E-state index is 0. The van der Waals surface area contributed by atoms with Crippen molar-refractivity contribution in [3.63, 3.8) is 0 Å². The van der Waals surface area contributed by atoms with E-state index in [1.165, 1.54) is 28.9 Å². The quantitative estimate of drug-likeness (QED) is 0.658. The fourth-order valence-corrected chi connectivity index (χ4v) is 2.86. The first-order chi connectivity index (χ1) is 9.90. The number of hydrogen-bond donors (Lipinski definition) is 0. The third-order valence-electron chi connectivity index (χ3n) is 3.95. The van der Waals surface area contributed by atoms with E-state index in [0.717, 1.165) is 18.7 Å². The van der Waals surface area contributed by atoms with Gasteiger partial charge in [-0.15, -0.1) is 17.0 Å². The molecule has 2 nitrogen and oxygen atoms in total. The van der Waals surface area contributed by atoms with Crippen LogP contribution < -0.4 is 0 Å². The van der Waals surface area contributed by atoms with Crippen molar-refractivity contribution in [2.24, 2.45) is 0 Å². The molecule has 0 unspecified atom stereocenters. The van der Waals surface area contributed by atoms with E-state index in [1.54, 1.807) is 0 Å². The molecule has 2 aromatic carbocycles. The van der Waals surface area contributed by atoms with Crippen molar-refractivity contribution in [2.45, 2.75) is 19.4 Å². The van der Waals surface area contributed by atoms with Crippen molar-refractivity contribution in [3.05, 3.63) is 66.6 Å². The Morgan fingerprint density at radius 3 is 2.19 bits per heavy atom. The monoisotopic (exact) mass is 340 g/mol. The predicted molar refractivity (Wildman–Crippen MR) is 91.7 cm³/mol. The summed E-state index contributed by atoms with van der Waals surface area (Å²) in [4.78, 5) is 4.73. The zero-order chi connectivity index (χ0) is 13.4. The largest absolute Gasteiger partial charge is 0.334 e. The maximum Gasteiger partial charge on any atom is 0.109 e. The first kappa shape index (κ1) is 14.1. The van der Waals surface area contributed by atoms with Crippen molar-refractivity contribution >= 4 is 17.0 Å². The molecule has 0 amide bonds. The molecule has 3 aromatic rings. The molecule has 0 saturated carbocycles. The van der Waals surface area contributed by atoms with Crippen LogP contribution in [0.4, 0.5) is 0 Å². The van der Waals surface area contributed by atoms with Gasteiger partial charge in [-0.2, -0.15) is 0 Å². The van der Waals surface area contributed by atoms with E-state index in [-0.39, 0.29) is 17.0 Å². The molecule has 0 aliphatic carbocycles. The first-order valence-corrected chi connectivity index (χ1v) is 7.12. The Morgan fingerprint density at radius 1 is 0.810 bits per heavy atom. The average Bonchev–Trinajstić information content (AvgIpc) is 3.10. The molecule has 0 fully saturated rings. The first-order valence-electron chi connectivity index (χ1n) is 7.12. The molecular formula is C18H17BrN2. The summed E-state index contributed by atoms with van der Waals surface area (Å²) in [5.74, 6) is 1.23. The van der Waals surface area contributed by atoms with Gasteiger partial charge in [-0.1, -0.05) is 54.6 Å². The third kappa shape index (κ3) is 2.66. The van der Waals surface area contributed by atoms with Crippen molar-refractivity contribution < 1.29 is 0 Å². The van der Waals surface area contributed by atoms with Gasteiger partial charge in [-0.3, -0.25) is 0 Å². The molecule has 0 N–H and O–H groups in total. The smallest absolute Gasteiger partial charge is 0.109 e. The molecule has 3 heteroatoms. The van der Waals surface area contributed by atoms with Crippen LogP contribution in [0.2, 0.25) is 0 Å². The summed E-state index contributed by atoms with van der Waals surface area (Å²) in [6.45, 7) is 1.12. The molecule has 106 valence electrons. The zero-order valence-electron chi connectivity index (χ0n) is 11.7. The van der Waals surface area contributed by atoms with E-state index in [1.807, 2.05) is 6.07 Å². The zero-order valence-corrected chi connectivity index (χ0v) is 13.4. The molecule has 0 radical (unpaired) electrons. The van der Waals surface area contributed by atoms with Gasteiger partial charge in [0.15, 0.2) is 0 Å². The minimum atomic E-state index is 0. The minimum Gasteiger partial charge on any atom is -0.334 e.